The van der Waals surface area contributed by atoms with E-state index < -0.39 is 31.2 Å². The molecular weight excluding hydrogens is 325 g/mol. The molecule has 0 spiro atoms. The molecule has 1 aliphatic rings. The molecule has 0 saturated carbocycles. The summed E-state index contributed by atoms with van der Waals surface area (Å²) in [7, 11) is -3.87. The summed E-state index contributed by atoms with van der Waals surface area (Å²) >= 11 is 0. The first-order chi connectivity index (χ1) is 10.9. The van der Waals surface area contributed by atoms with Crippen molar-refractivity contribution in [2.45, 2.75) is 32.6 Å². The Morgan fingerprint density at radius 1 is 1.26 bits per heavy atom. The van der Waals surface area contributed by atoms with Gasteiger partial charge >= 0.3 is 7.60 Å². The van der Waals surface area contributed by atoms with Gasteiger partial charge in [0.25, 0.3) is 5.91 Å². The molecule has 1 aliphatic heterocycles. The van der Waals surface area contributed by atoms with E-state index in [0.717, 1.165) is 0 Å². The lowest BCUT2D eigenvalue weighted by atomic mass is 10.3. The zero-order valence-electron chi connectivity index (χ0n) is 13.8. The van der Waals surface area contributed by atoms with Crippen molar-refractivity contribution in [2.75, 3.05) is 39.5 Å². The van der Waals surface area contributed by atoms with Gasteiger partial charge in [0, 0.05) is 13.1 Å². The molecule has 2 unspecified atom stereocenters. The number of nitrogens with two attached hydrogens (primary N) is 1. The van der Waals surface area contributed by atoms with Crippen LogP contribution in [0, 0.1) is 0 Å². The first kappa shape index (κ1) is 20.1. The summed E-state index contributed by atoms with van der Waals surface area (Å²) < 4.78 is 28.6. The van der Waals surface area contributed by atoms with E-state index in [4.69, 9.17) is 19.5 Å². The summed E-state index contributed by atoms with van der Waals surface area (Å²) in [4.78, 5) is 26.1. The van der Waals surface area contributed by atoms with Gasteiger partial charge in [0.05, 0.1) is 32.5 Å². The van der Waals surface area contributed by atoms with Crippen molar-refractivity contribution >= 4 is 19.4 Å². The highest BCUT2D eigenvalue weighted by Gasteiger charge is 2.44. The maximum Gasteiger partial charge on any atom is 0.362 e. The second-order valence-electron chi connectivity index (χ2n) is 5.01. The van der Waals surface area contributed by atoms with Gasteiger partial charge in [0.2, 0.25) is 11.7 Å². The Labute approximate surface area is 136 Å². The van der Waals surface area contributed by atoms with Gasteiger partial charge < -0.3 is 29.7 Å². The van der Waals surface area contributed by atoms with Gasteiger partial charge in [-0.25, -0.2) is 0 Å². The van der Waals surface area contributed by atoms with E-state index >= 15 is 0 Å². The number of ether oxygens (including phenoxy) is 1. The average molecular weight is 351 g/mol. The second-order valence-corrected chi connectivity index (χ2v) is 7.13. The van der Waals surface area contributed by atoms with E-state index in [0.29, 0.717) is 26.3 Å². The van der Waals surface area contributed by atoms with E-state index in [1.807, 2.05) is 0 Å². The van der Waals surface area contributed by atoms with Crippen LogP contribution in [0.3, 0.4) is 0 Å². The summed E-state index contributed by atoms with van der Waals surface area (Å²) in [6.45, 7) is 6.36. The fourth-order valence-corrected chi connectivity index (χ4v) is 3.86. The third-order valence-electron chi connectivity index (χ3n) is 3.18. The number of amides is 2. The van der Waals surface area contributed by atoms with E-state index in [-0.39, 0.29) is 13.2 Å². The van der Waals surface area contributed by atoms with E-state index in [2.05, 4.69) is 5.32 Å². The van der Waals surface area contributed by atoms with Crippen LogP contribution in [0.1, 0.15) is 20.8 Å². The van der Waals surface area contributed by atoms with Crippen molar-refractivity contribution < 1.29 is 27.9 Å². The van der Waals surface area contributed by atoms with Crippen molar-refractivity contribution in [3.05, 3.63) is 0 Å². The molecule has 2 amide bonds. The molecule has 23 heavy (non-hydrogen) atoms. The van der Waals surface area contributed by atoms with Crippen LogP contribution in [-0.4, -0.2) is 68.1 Å². The van der Waals surface area contributed by atoms with Gasteiger partial charge in [-0.3, -0.25) is 14.2 Å². The Morgan fingerprint density at radius 2 is 1.78 bits per heavy atom. The minimum atomic E-state index is -3.87. The number of hydrogen-bond acceptors (Lipinski definition) is 7. The van der Waals surface area contributed by atoms with Gasteiger partial charge in [-0.05, 0) is 20.8 Å². The normalized spacial score (nSPS) is 18.3. The van der Waals surface area contributed by atoms with Gasteiger partial charge in [-0.1, -0.05) is 0 Å². The number of carbonyl (C=O) groups is 2. The molecule has 0 bridgehead atoms. The number of nitrogens with zero attached hydrogens (tertiary/aromatic N) is 1. The molecular formula is C13H26N3O6P. The van der Waals surface area contributed by atoms with E-state index in [1.165, 1.54) is 11.8 Å². The van der Waals surface area contributed by atoms with Crippen LogP contribution in [-0.2, 0) is 27.9 Å². The summed E-state index contributed by atoms with van der Waals surface area (Å²) in [6.07, 6.45) is 0. The first-order valence-corrected chi connectivity index (χ1v) is 9.28. The summed E-state index contributed by atoms with van der Waals surface area (Å²) in [6, 6.07) is -0.855. The standard InChI is InChI=1S/C13H26N3O6P/c1-4-21-23(19,22-5-2)12(15-11(17)10(3)14)13(18)16-6-8-20-9-7-16/h10,12H,4-9,14H2,1-3H3,(H,15,17). The monoisotopic (exact) mass is 351 g/mol. The molecule has 9 nitrogen and oxygen atoms in total. The van der Waals surface area contributed by atoms with Crippen LogP contribution >= 0.6 is 7.60 Å². The quantitative estimate of drug-likeness (QED) is 0.586. The fourth-order valence-electron chi connectivity index (χ4n) is 2.05. The molecule has 134 valence electrons. The predicted octanol–water partition coefficient (Wildman–Crippen LogP) is -0.0992. The molecule has 0 aromatic rings. The SMILES string of the molecule is CCOP(=O)(OCC)C(NC(=O)C(C)N)C(=O)N1CCOCC1. The topological polar surface area (TPSA) is 120 Å². The van der Waals surface area contributed by atoms with Crippen LogP contribution < -0.4 is 11.1 Å². The predicted molar refractivity (Wildman–Crippen MR) is 83.8 cm³/mol. The maximum atomic E-state index is 13.0. The van der Waals surface area contributed by atoms with E-state index in [1.54, 1.807) is 13.8 Å². The van der Waals surface area contributed by atoms with Crippen LogP contribution in [0.25, 0.3) is 0 Å². The molecule has 1 saturated heterocycles. The molecule has 0 aromatic heterocycles. The van der Waals surface area contributed by atoms with Crippen LogP contribution in [0.4, 0.5) is 0 Å². The van der Waals surface area contributed by atoms with Crippen molar-refractivity contribution in [2.24, 2.45) is 5.73 Å². The number of hydrogen-bond donors (Lipinski definition) is 2. The van der Waals surface area contributed by atoms with E-state index in [9.17, 15) is 14.2 Å². The highest BCUT2D eigenvalue weighted by molar-refractivity contribution is 7.55. The number of carbonyl (C=O) groups excluding carboxylic acids is 2. The van der Waals surface area contributed by atoms with Gasteiger partial charge in [-0.2, -0.15) is 0 Å². The fraction of sp³-hybridized carbons (Fsp3) is 0.846. The Balaban J connectivity index is 3.05. The third-order valence-corrected chi connectivity index (χ3v) is 5.40. The Bertz CT molecular complexity index is 443. The van der Waals surface area contributed by atoms with Gasteiger partial charge in [-0.15, -0.1) is 0 Å². The molecule has 2 atom stereocenters. The van der Waals surface area contributed by atoms with Crippen LogP contribution in [0.5, 0.6) is 0 Å². The summed E-state index contributed by atoms with van der Waals surface area (Å²) in [5.41, 5.74) is 5.53. The number of nitrogens with one attached hydrogen (secondary N) is 1. The molecule has 1 rings (SSSR count). The zero-order chi connectivity index (χ0) is 17.5. The molecule has 0 aliphatic carbocycles. The van der Waals surface area contributed by atoms with Crippen molar-refractivity contribution in [1.29, 1.82) is 0 Å². The molecule has 0 radical (unpaired) electrons. The van der Waals surface area contributed by atoms with Gasteiger partial charge in [0.15, 0.2) is 0 Å². The van der Waals surface area contributed by atoms with Crippen molar-refractivity contribution in [3.63, 3.8) is 0 Å². The summed E-state index contributed by atoms with van der Waals surface area (Å²) in [5.74, 6) is -2.54. The molecule has 1 heterocycles. The smallest absolute Gasteiger partial charge is 0.362 e. The zero-order valence-corrected chi connectivity index (χ0v) is 14.7. The first-order valence-electron chi connectivity index (χ1n) is 7.67. The third kappa shape index (κ3) is 5.54. The Hall–Kier alpha value is -0.990. The van der Waals surface area contributed by atoms with Crippen molar-refractivity contribution in [1.82, 2.24) is 10.2 Å². The lowest BCUT2D eigenvalue weighted by Crippen LogP contribution is -2.54. The molecule has 10 heteroatoms. The highest BCUT2D eigenvalue weighted by Crippen LogP contribution is 2.52. The Kier molecular flexibility index (Phi) is 8.15. The lowest BCUT2D eigenvalue weighted by Gasteiger charge is -2.33. The highest BCUT2D eigenvalue weighted by atomic mass is 31.2. The van der Waals surface area contributed by atoms with Crippen LogP contribution in [0.15, 0.2) is 0 Å². The summed E-state index contributed by atoms with van der Waals surface area (Å²) in [5, 5.41) is 2.41. The second kappa shape index (κ2) is 9.34. The number of rotatable bonds is 8. The van der Waals surface area contributed by atoms with Crippen LogP contribution in [0.2, 0.25) is 0 Å². The average Bonchev–Trinajstić information content (AvgIpc) is 2.52. The molecule has 1 fully saturated rings. The number of morpholine rings is 1. The molecule has 0 aromatic carbocycles. The van der Waals surface area contributed by atoms with Crippen molar-refractivity contribution in [3.8, 4) is 0 Å². The maximum absolute atomic E-state index is 13.0. The lowest BCUT2D eigenvalue weighted by molar-refractivity contribution is -0.138. The minimum absolute atomic E-state index is 0.0816. The largest absolute Gasteiger partial charge is 0.378 e. The minimum Gasteiger partial charge on any atom is -0.378 e. The Morgan fingerprint density at radius 3 is 2.22 bits per heavy atom. The van der Waals surface area contributed by atoms with Gasteiger partial charge in [0.1, 0.15) is 0 Å². The molecule has 3 N–H and O–H groups in total.